The molecule has 1 aliphatic heterocycles. The third kappa shape index (κ3) is 5.76. The molecule has 2 N–H and O–H groups in total. The fourth-order valence-electron chi connectivity index (χ4n) is 3.77. The van der Waals surface area contributed by atoms with E-state index in [0.29, 0.717) is 21.9 Å². The van der Waals surface area contributed by atoms with Crippen LogP contribution in [0, 0.1) is 11.3 Å². The molecule has 0 spiro atoms. The van der Waals surface area contributed by atoms with Gasteiger partial charge in [-0.05, 0) is 42.9 Å². The van der Waals surface area contributed by atoms with Crippen LogP contribution in [0.2, 0.25) is 5.02 Å². The standard InChI is InChI=1S/C26H28ClN3OS/c1-3-4-5-11-16-32-26-21(17-28)24(20-14-9-10-15-22(20)27)23(18(2)29-26)25(31)30-19-12-7-6-8-13-19/h6-10,12-15,24,29H,3-5,11,16H2,1-2H3,(H,30,31)/t24-/m1/s1. The van der Waals surface area contributed by atoms with Crippen LogP contribution in [0.5, 0.6) is 0 Å². The van der Waals surface area contributed by atoms with Crippen LogP contribution in [0.1, 0.15) is 51.0 Å². The Balaban J connectivity index is 1.97. The van der Waals surface area contributed by atoms with E-state index in [9.17, 15) is 10.1 Å². The zero-order valence-electron chi connectivity index (χ0n) is 18.5. The number of rotatable bonds is 9. The van der Waals surface area contributed by atoms with Crippen molar-refractivity contribution in [2.45, 2.75) is 45.4 Å². The molecule has 4 nitrogen and oxygen atoms in total. The highest BCUT2D eigenvalue weighted by Gasteiger charge is 2.35. The molecular formula is C26H28ClN3OS. The first kappa shape index (κ1) is 24.0. The molecule has 0 saturated heterocycles. The Kier molecular flexibility index (Phi) is 8.84. The summed E-state index contributed by atoms with van der Waals surface area (Å²) < 4.78 is 0. The first-order chi connectivity index (χ1) is 15.6. The SMILES string of the molecule is CCCCCCSC1=C(C#N)[C@@H](c2ccccc2Cl)C(C(=O)Nc2ccccc2)=C(C)N1. The van der Waals surface area contributed by atoms with Gasteiger partial charge in [-0.1, -0.05) is 74.2 Å². The summed E-state index contributed by atoms with van der Waals surface area (Å²) in [5, 5.41) is 17.8. The predicted molar refractivity (Wildman–Crippen MR) is 134 cm³/mol. The number of hydrogen-bond donors (Lipinski definition) is 2. The Hall–Kier alpha value is -2.68. The highest BCUT2D eigenvalue weighted by molar-refractivity contribution is 8.03. The number of amides is 1. The molecule has 166 valence electrons. The van der Waals surface area contributed by atoms with Crippen LogP contribution in [0.15, 0.2) is 76.5 Å². The summed E-state index contributed by atoms with van der Waals surface area (Å²) in [5.41, 5.74) is 3.23. The summed E-state index contributed by atoms with van der Waals surface area (Å²) >= 11 is 8.20. The fraction of sp³-hybridized carbons (Fsp3) is 0.308. The zero-order chi connectivity index (χ0) is 22.9. The van der Waals surface area contributed by atoms with Crippen LogP contribution in [0.25, 0.3) is 0 Å². The van der Waals surface area contributed by atoms with Crippen molar-refractivity contribution in [2.24, 2.45) is 0 Å². The molecule has 1 aliphatic rings. The van der Waals surface area contributed by atoms with Crippen molar-refractivity contribution in [3.05, 3.63) is 87.1 Å². The van der Waals surface area contributed by atoms with Crippen LogP contribution in [-0.4, -0.2) is 11.7 Å². The zero-order valence-corrected chi connectivity index (χ0v) is 20.0. The van der Waals surface area contributed by atoms with E-state index in [1.54, 1.807) is 17.8 Å². The number of nitriles is 1. The van der Waals surface area contributed by atoms with E-state index in [1.807, 2.05) is 55.5 Å². The number of hydrogen-bond acceptors (Lipinski definition) is 4. The number of para-hydroxylation sites is 1. The number of unbranched alkanes of at least 4 members (excludes halogenated alkanes) is 3. The van der Waals surface area contributed by atoms with Crippen molar-refractivity contribution in [1.29, 1.82) is 5.26 Å². The van der Waals surface area contributed by atoms with Crippen LogP contribution in [0.3, 0.4) is 0 Å². The maximum Gasteiger partial charge on any atom is 0.254 e. The van der Waals surface area contributed by atoms with Crippen LogP contribution in [0.4, 0.5) is 5.69 Å². The third-order valence-electron chi connectivity index (χ3n) is 5.38. The van der Waals surface area contributed by atoms with Gasteiger partial charge < -0.3 is 10.6 Å². The largest absolute Gasteiger partial charge is 0.353 e. The van der Waals surface area contributed by atoms with E-state index in [4.69, 9.17) is 11.6 Å². The minimum Gasteiger partial charge on any atom is -0.353 e. The van der Waals surface area contributed by atoms with Crippen molar-refractivity contribution in [3.63, 3.8) is 0 Å². The number of halogens is 1. The van der Waals surface area contributed by atoms with Gasteiger partial charge in [-0.2, -0.15) is 5.26 Å². The van der Waals surface area contributed by atoms with E-state index in [-0.39, 0.29) is 5.91 Å². The summed E-state index contributed by atoms with van der Waals surface area (Å²) in [6.45, 7) is 4.08. The van der Waals surface area contributed by atoms with Gasteiger partial charge >= 0.3 is 0 Å². The second kappa shape index (κ2) is 11.8. The lowest BCUT2D eigenvalue weighted by atomic mass is 9.82. The Morgan fingerprint density at radius 3 is 2.53 bits per heavy atom. The Morgan fingerprint density at radius 1 is 1.12 bits per heavy atom. The third-order valence-corrected chi connectivity index (χ3v) is 6.83. The molecular weight excluding hydrogens is 438 g/mol. The lowest BCUT2D eigenvalue weighted by Crippen LogP contribution is -2.30. The monoisotopic (exact) mass is 465 g/mol. The first-order valence-corrected chi connectivity index (χ1v) is 12.3. The number of benzene rings is 2. The highest BCUT2D eigenvalue weighted by Crippen LogP contribution is 2.43. The Morgan fingerprint density at radius 2 is 1.84 bits per heavy atom. The minimum atomic E-state index is -0.531. The number of carbonyl (C=O) groups is 1. The van der Waals surface area contributed by atoms with Gasteiger partial charge in [0, 0.05) is 22.0 Å². The number of allylic oxidation sites excluding steroid dienone is 2. The second-order valence-corrected chi connectivity index (χ2v) is 9.21. The molecule has 0 aliphatic carbocycles. The van der Waals surface area contributed by atoms with Crippen LogP contribution >= 0.6 is 23.4 Å². The molecule has 0 unspecified atom stereocenters. The van der Waals surface area contributed by atoms with Gasteiger partial charge in [0.05, 0.1) is 22.6 Å². The molecule has 0 bridgehead atoms. The van der Waals surface area contributed by atoms with Crippen molar-refractivity contribution < 1.29 is 4.79 Å². The normalized spacial score (nSPS) is 15.9. The van der Waals surface area contributed by atoms with E-state index in [0.717, 1.165) is 28.5 Å². The summed E-state index contributed by atoms with van der Waals surface area (Å²) in [4.78, 5) is 13.4. The Bertz CT molecular complexity index is 1060. The first-order valence-electron chi connectivity index (χ1n) is 10.9. The molecule has 0 fully saturated rings. The van der Waals surface area contributed by atoms with Crippen LogP contribution < -0.4 is 10.6 Å². The van der Waals surface area contributed by atoms with E-state index < -0.39 is 5.92 Å². The molecule has 1 atom stereocenters. The summed E-state index contributed by atoms with van der Waals surface area (Å²) in [6, 6.07) is 19.1. The van der Waals surface area contributed by atoms with Crippen molar-refractivity contribution in [2.75, 3.05) is 11.1 Å². The fourth-order valence-corrected chi connectivity index (χ4v) is 5.11. The number of carbonyl (C=O) groups excluding carboxylic acids is 1. The lowest BCUT2D eigenvalue weighted by Gasteiger charge is -2.30. The number of nitrogens with zero attached hydrogens (tertiary/aromatic N) is 1. The highest BCUT2D eigenvalue weighted by atomic mass is 35.5. The van der Waals surface area contributed by atoms with E-state index in [1.165, 1.54) is 19.3 Å². The second-order valence-electron chi connectivity index (χ2n) is 7.70. The van der Waals surface area contributed by atoms with Gasteiger partial charge in [0.25, 0.3) is 5.91 Å². The number of anilines is 1. The topological polar surface area (TPSA) is 64.9 Å². The molecule has 2 aromatic carbocycles. The van der Waals surface area contributed by atoms with Crippen LogP contribution in [-0.2, 0) is 4.79 Å². The molecule has 2 aromatic rings. The van der Waals surface area contributed by atoms with Gasteiger partial charge in [0.1, 0.15) is 0 Å². The van der Waals surface area contributed by atoms with E-state index >= 15 is 0 Å². The molecule has 1 heterocycles. The molecule has 0 aromatic heterocycles. The summed E-state index contributed by atoms with van der Waals surface area (Å²) in [5.74, 6) is 0.143. The summed E-state index contributed by atoms with van der Waals surface area (Å²) in [7, 11) is 0. The quantitative estimate of drug-likeness (QED) is 0.391. The Labute approximate surface area is 199 Å². The predicted octanol–water partition coefficient (Wildman–Crippen LogP) is 6.99. The molecule has 6 heteroatoms. The number of nitrogens with one attached hydrogen (secondary N) is 2. The van der Waals surface area contributed by atoms with E-state index in [2.05, 4.69) is 23.6 Å². The summed E-state index contributed by atoms with van der Waals surface area (Å²) in [6.07, 6.45) is 4.66. The molecule has 3 rings (SSSR count). The molecule has 0 radical (unpaired) electrons. The number of dihydropyridines is 1. The lowest BCUT2D eigenvalue weighted by molar-refractivity contribution is -0.113. The van der Waals surface area contributed by atoms with Crippen molar-refractivity contribution in [1.82, 2.24) is 5.32 Å². The van der Waals surface area contributed by atoms with Gasteiger partial charge in [-0.15, -0.1) is 11.8 Å². The van der Waals surface area contributed by atoms with Gasteiger partial charge in [-0.3, -0.25) is 4.79 Å². The molecule has 0 saturated carbocycles. The van der Waals surface area contributed by atoms with Gasteiger partial charge in [-0.25, -0.2) is 0 Å². The molecule has 1 amide bonds. The smallest absolute Gasteiger partial charge is 0.254 e. The van der Waals surface area contributed by atoms with Crippen molar-refractivity contribution >= 4 is 35.0 Å². The number of thioether (sulfide) groups is 1. The van der Waals surface area contributed by atoms with Gasteiger partial charge in [0.2, 0.25) is 0 Å². The average Bonchev–Trinajstić information content (AvgIpc) is 2.79. The maximum absolute atomic E-state index is 13.4. The molecule has 32 heavy (non-hydrogen) atoms. The van der Waals surface area contributed by atoms with Gasteiger partial charge in [0.15, 0.2) is 0 Å². The minimum absolute atomic E-state index is 0.245. The average molecular weight is 466 g/mol. The van der Waals surface area contributed by atoms with Crippen molar-refractivity contribution in [3.8, 4) is 6.07 Å². The maximum atomic E-state index is 13.4.